The third-order valence-corrected chi connectivity index (χ3v) is 6.16. The summed E-state index contributed by atoms with van der Waals surface area (Å²) in [5.41, 5.74) is 5.16. The maximum absolute atomic E-state index is 11.9. The van der Waals surface area contributed by atoms with Gasteiger partial charge in [-0.1, -0.05) is 66.2 Å². The number of guanidine groups is 1. The summed E-state index contributed by atoms with van der Waals surface area (Å²) >= 11 is 0. The summed E-state index contributed by atoms with van der Waals surface area (Å²) in [7, 11) is 0. The van der Waals surface area contributed by atoms with Gasteiger partial charge in [-0.05, 0) is 42.9 Å². The number of hydrogen-bond donors (Lipinski definition) is 1. The number of hydrogen-bond acceptors (Lipinski definition) is 2. The van der Waals surface area contributed by atoms with Gasteiger partial charge in [-0.25, -0.2) is 4.99 Å². The van der Waals surface area contributed by atoms with Crippen LogP contribution in [0.4, 0.5) is 0 Å². The van der Waals surface area contributed by atoms with Gasteiger partial charge < -0.3 is 15.1 Å². The maximum atomic E-state index is 11.9. The second kappa shape index (κ2) is 12.8. The number of piperidine rings is 1. The molecular weight excluding hydrogens is 523 g/mol. The van der Waals surface area contributed by atoms with Crippen molar-refractivity contribution in [2.75, 3.05) is 26.2 Å². The van der Waals surface area contributed by atoms with Crippen molar-refractivity contribution in [2.24, 2.45) is 4.99 Å². The van der Waals surface area contributed by atoms with Crippen LogP contribution < -0.4 is 5.32 Å². The Labute approximate surface area is 215 Å². The Bertz CT molecular complexity index is 963. The van der Waals surface area contributed by atoms with E-state index in [2.05, 4.69) is 77.8 Å². The van der Waals surface area contributed by atoms with Gasteiger partial charge in [-0.2, -0.15) is 0 Å². The molecule has 5 nitrogen and oxygen atoms in total. The van der Waals surface area contributed by atoms with Crippen LogP contribution in [0, 0.1) is 0 Å². The average Bonchev–Trinajstić information content (AvgIpc) is 3.22. The molecule has 0 unspecified atom stereocenters. The Morgan fingerprint density at radius 2 is 1.76 bits per heavy atom. The minimum atomic E-state index is 0. The summed E-state index contributed by atoms with van der Waals surface area (Å²) < 4.78 is 0. The number of amides is 1. The quantitative estimate of drug-likeness (QED) is 0.306. The maximum Gasteiger partial charge on any atom is 0.222 e. The Morgan fingerprint density at radius 3 is 2.45 bits per heavy atom. The van der Waals surface area contributed by atoms with Gasteiger partial charge in [0.25, 0.3) is 0 Å². The summed E-state index contributed by atoms with van der Waals surface area (Å²) in [6, 6.07) is 19.1. The molecule has 2 aliphatic rings. The van der Waals surface area contributed by atoms with E-state index in [0.29, 0.717) is 19.5 Å². The largest absolute Gasteiger partial charge is 0.357 e. The van der Waals surface area contributed by atoms with Gasteiger partial charge in [-0.15, -0.1) is 24.0 Å². The number of nitrogens with one attached hydrogen (secondary N) is 1. The van der Waals surface area contributed by atoms with E-state index in [9.17, 15) is 4.79 Å². The summed E-state index contributed by atoms with van der Waals surface area (Å²) in [6.45, 7) is 7.18. The minimum absolute atomic E-state index is 0. The normalized spacial score (nSPS) is 16.6. The molecule has 2 aromatic rings. The van der Waals surface area contributed by atoms with Crippen LogP contribution in [0.3, 0.4) is 0 Å². The zero-order valence-electron chi connectivity index (χ0n) is 19.5. The van der Waals surface area contributed by atoms with E-state index in [4.69, 9.17) is 4.99 Å². The van der Waals surface area contributed by atoms with Crippen molar-refractivity contribution < 1.29 is 4.79 Å². The molecule has 2 saturated heterocycles. The van der Waals surface area contributed by atoms with Crippen molar-refractivity contribution in [3.05, 3.63) is 76.9 Å². The molecule has 0 atom stereocenters. The van der Waals surface area contributed by atoms with Gasteiger partial charge in [0.1, 0.15) is 0 Å². The van der Waals surface area contributed by atoms with Gasteiger partial charge in [0.05, 0.1) is 6.54 Å². The Balaban J connectivity index is 0.00000306. The van der Waals surface area contributed by atoms with Crippen LogP contribution in [-0.2, 0) is 17.9 Å². The Kier molecular flexibility index (Phi) is 9.78. The van der Waals surface area contributed by atoms with Crippen molar-refractivity contribution in [2.45, 2.75) is 45.7 Å². The molecule has 2 fully saturated rings. The molecule has 1 amide bonds. The molecule has 2 aliphatic heterocycles. The lowest BCUT2D eigenvalue weighted by molar-refractivity contribution is -0.128. The summed E-state index contributed by atoms with van der Waals surface area (Å²) in [5, 5.41) is 3.47. The number of benzene rings is 2. The lowest BCUT2D eigenvalue weighted by Crippen LogP contribution is -2.44. The van der Waals surface area contributed by atoms with Crippen LogP contribution in [0.25, 0.3) is 6.08 Å². The van der Waals surface area contributed by atoms with Crippen LogP contribution in [0.1, 0.15) is 49.3 Å². The molecule has 0 bridgehead atoms. The van der Waals surface area contributed by atoms with Crippen LogP contribution in [0.5, 0.6) is 0 Å². The third kappa shape index (κ3) is 7.32. The number of rotatable bonds is 6. The van der Waals surface area contributed by atoms with Gasteiger partial charge in [0.15, 0.2) is 5.96 Å². The fraction of sp³-hybridized carbons (Fsp3) is 0.407. The highest BCUT2D eigenvalue weighted by atomic mass is 127. The smallest absolute Gasteiger partial charge is 0.222 e. The van der Waals surface area contributed by atoms with E-state index in [-0.39, 0.29) is 29.9 Å². The van der Waals surface area contributed by atoms with Crippen molar-refractivity contribution in [1.29, 1.82) is 0 Å². The zero-order chi connectivity index (χ0) is 22.2. The molecule has 0 saturated carbocycles. The van der Waals surface area contributed by atoms with E-state index in [1.165, 1.54) is 22.3 Å². The molecule has 0 aliphatic carbocycles. The molecular formula is C27H35IN4O. The van der Waals surface area contributed by atoms with Crippen LogP contribution >= 0.6 is 24.0 Å². The lowest BCUT2D eigenvalue weighted by Gasteiger charge is -2.31. The first-order valence-electron chi connectivity index (χ1n) is 11.8. The average molecular weight is 559 g/mol. The Morgan fingerprint density at radius 1 is 1.00 bits per heavy atom. The van der Waals surface area contributed by atoms with Gasteiger partial charge in [-0.3, -0.25) is 4.79 Å². The molecule has 4 rings (SSSR count). The number of likely N-dealkylation sites (tertiary alicyclic amines) is 2. The highest BCUT2D eigenvalue weighted by Gasteiger charge is 2.20. The molecule has 0 spiro atoms. The molecule has 0 aromatic heterocycles. The van der Waals surface area contributed by atoms with E-state index >= 15 is 0 Å². The molecule has 2 aromatic carbocycles. The van der Waals surface area contributed by atoms with Gasteiger partial charge >= 0.3 is 0 Å². The predicted molar refractivity (Wildman–Crippen MR) is 147 cm³/mol. The number of carbonyl (C=O) groups is 1. The lowest BCUT2D eigenvalue weighted by atomic mass is 10.0. The van der Waals surface area contributed by atoms with Crippen molar-refractivity contribution >= 4 is 41.9 Å². The molecule has 2 heterocycles. The van der Waals surface area contributed by atoms with Crippen LogP contribution in [-0.4, -0.2) is 47.8 Å². The predicted octanol–water partition coefficient (Wildman–Crippen LogP) is 5.07. The van der Waals surface area contributed by atoms with E-state index in [1.807, 2.05) is 4.90 Å². The first-order chi connectivity index (χ1) is 15.7. The fourth-order valence-electron chi connectivity index (χ4n) is 4.44. The number of aliphatic imine (C=N–C) groups is 1. The van der Waals surface area contributed by atoms with Crippen LogP contribution in [0.2, 0.25) is 0 Å². The minimum Gasteiger partial charge on any atom is -0.357 e. The number of carbonyl (C=O) groups excluding carboxylic acids is 1. The van der Waals surface area contributed by atoms with Crippen molar-refractivity contribution in [3.8, 4) is 0 Å². The second-order valence-corrected chi connectivity index (χ2v) is 8.61. The van der Waals surface area contributed by atoms with Crippen molar-refractivity contribution in [3.63, 3.8) is 0 Å². The van der Waals surface area contributed by atoms with E-state index in [0.717, 1.165) is 51.4 Å². The standard InChI is InChI=1S/C27H34N4O.HI/c1-2-28-27(30-16-13-23(14-17-30)18-22-8-4-3-5-9-22)29-20-24-10-6-11-25(19-24)21-31-15-7-12-26(31)32;/h3-6,8-11,18-19H,2,7,12-17,20-21H2,1H3,(H,28,29);1H. The van der Waals surface area contributed by atoms with E-state index in [1.54, 1.807) is 0 Å². The molecule has 1 N–H and O–H groups in total. The highest BCUT2D eigenvalue weighted by molar-refractivity contribution is 14.0. The molecule has 33 heavy (non-hydrogen) atoms. The van der Waals surface area contributed by atoms with E-state index < -0.39 is 0 Å². The number of halogens is 1. The number of nitrogens with zero attached hydrogens (tertiary/aromatic N) is 3. The molecule has 0 radical (unpaired) electrons. The summed E-state index contributed by atoms with van der Waals surface area (Å²) in [5.74, 6) is 1.26. The van der Waals surface area contributed by atoms with Crippen LogP contribution in [0.15, 0.2) is 65.2 Å². The highest BCUT2D eigenvalue weighted by Crippen LogP contribution is 2.20. The fourth-order valence-corrected chi connectivity index (χ4v) is 4.44. The molecule has 176 valence electrons. The first kappa shape index (κ1) is 25.3. The van der Waals surface area contributed by atoms with Crippen molar-refractivity contribution in [1.82, 2.24) is 15.1 Å². The van der Waals surface area contributed by atoms with Gasteiger partial charge in [0, 0.05) is 39.1 Å². The summed E-state index contributed by atoms with van der Waals surface area (Å²) in [4.78, 5) is 21.2. The monoisotopic (exact) mass is 558 g/mol. The SMILES string of the molecule is CCNC(=NCc1cccc(CN2CCCC2=O)c1)N1CCC(=Cc2ccccc2)CC1.I. The first-order valence-corrected chi connectivity index (χ1v) is 11.8. The molecule has 6 heteroatoms. The Hall–Kier alpha value is -2.35. The topological polar surface area (TPSA) is 47.9 Å². The third-order valence-electron chi connectivity index (χ3n) is 6.16. The van der Waals surface area contributed by atoms with Gasteiger partial charge in [0.2, 0.25) is 5.91 Å². The second-order valence-electron chi connectivity index (χ2n) is 8.61. The zero-order valence-corrected chi connectivity index (χ0v) is 21.8. The summed E-state index contributed by atoms with van der Waals surface area (Å²) in [6.07, 6.45) is 6.14.